The molecule has 27 heavy (non-hydrogen) atoms. The number of hydrogen-bond donors (Lipinski definition) is 1. The van der Waals surface area contributed by atoms with Crippen molar-refractivity contribution < 1.29 is 27.8 Å². The summed E-state index contributed by atoms with van der Waals surface area (Å²) in [6.07, 6.45) is 0. The normalized spacial score (nSPS) is 21.4. The average molecular weight is 374 g/mol. The van der Waals surface area contributed by atoms with Gasteiger partial charge in [0.1, 0.15) is 30.4 Å². The van der Waals surface area contributed by atoms with Gasteiger partial charge in [-0.05, 0) is 25.1 Å². The van der Waals surface area contributed by atoms with Gasteiger partial charge in [0.05, 0.1) is 12.1 Å². The minimum atomic E-state index is -1.83. The summed E-state index contributed by atoms with van der Waals surface area (Å²) in [4.78, 5) is 26.3. The second-order valence-corrected chi connectivity index (χ2v) is 6.48. The fourth-order valence-electron chi connectivity index (χ4n) is 3.41. The SMILES string of the molecule is CC1(c2c(F)cccc2F)NC(=O)N(Cc2cccc3c2OCCO3)C1=O. The lowest BCUT2D eigenvalue weighted by molar-refractivity contribution is -0.131. The molecule has 1 unspecified atom stereocenters. The molecular weight excluding hydrogens is 358 g/mol. The first kappa shape index (κ1) is 17.3. The quantitative estimate of drug-likeness (QED) is 0.839. The van der Waals surface area contributed by atoms with Crippen LogP contribution in [0.1, 0.15) is 18.1 Å². The maximum Gasteiger partial charge on any atom is 0.325 e. The van der Waals surface area contributed by atoms with Crippen LogP contribution in [0.4, 0.5) is 13.6 Å². The number of para-hydroxylation sites is 1. The molecule has 0 aromatic heterocycles. The summed E-state index contributed by atoms with van der Waals surface area (Å²) >= 11 is 0. The number of nitrogens with one attached hydrogen (secondary N) is 1. The van der Waals surface area contributed by atoms with Crippen LogP contribution >= 0.6 is 0 Å². The number of imide groups is 1. The van der Waals surface area contributed by atoms with Crippen molar-refractivity contribution in [2.24, 2.45) is 0 Å². The second kappa shape index (κ2) is 6.22. The Balaban J connectivity index is 1.69. The van der Waals surface area contributed by atoms with Crippen LogP contribution in [0, 0.1) is 11.6 Å². The highest BCUT2D eigenvalue weighted by Crippen LogP contribution is 2.37. The van der Waals surface area contributed by atoms with Crippen LogP contribution in [-0.4, -0.2) is 30.1 Å². The van der Waals surface area contributed by atoms with Crippen molar-refractivity contribution in [1.29, 1.82) is 0 Å². The molecule has 6 nitrogen and oxygen atoms in total. The summed E-state index contributed by atoms with van der Waals surface area (Å²) in [6.45, 7) is 1.93. The van der Waals surface area contributed by atoms with Gasteiger partial charge in [0, 0.05) is 5.56 Å². The average Bonchev–Trinajstić information content (AvgIpc) is 2.85. The van der Waals surface area contributed by atoms with Gasteiger partial charge < -0.3 is 14.8 Å². The molecule has 0 radical (unpaired) electrons. The number of carbonyl (C=O) groups is 2. The lowest BCUT2D eigenvalue weighted by atomic mass is 9.91. The number of hydrogen-bond acceptors (Lipinski definition) is 4. The van der Waals surface area contributed by atoms with Gasteiger partial charge in [-0.3, -0.25) is 9.69 Å². The molecule has 2 aliphatic rings. The first-order chi connectivity index (χ1) is 12.9. The van der Waals surface area contributed by atoms with Gasteiger partial charge >= 0.3 is 6.03 Å². The maximum atomic E-state index is 14.2. The van der Waals surface area contributed by atoms with Crippen molar-refractivity contribution in [3.63, 3.8) is 0 Å². The molecule has 3 amide bonds. The van der Waals surface area contributed by atoms with E-state index in [0.717, 1.165) is 17.0 Å². The molecule has 1 fully saturated rings. The Morgan fingerprint density at radius 2 is 1.74 bits per heavy atom. The van der Waals surface area contributed by atoms with Crippen LogP contribution in [0.3, 0.4) is 0 Å². The van der Waals surface area contributed by atoms with Crippen LogP contribution in [-0.2, 0) is 16.9 Å². The Labute approximate surface area is 153 Å². The Morgan fingerprint density at radius 1 is 1.07 bits per heavy atom. The van der Waals surface area contributed by atoms with E-state index < -0.39 is 34.7 Å². The van der Waals surface area contributed by atoms with Gasteiger partial charge in [0.25, 0.3) is 5.91 Å². The molecule has 2 aliphatic heterocycles. The maximum absolute atomic E-state index is 14.2. The summed E-state index contributed by atoms with van der Waals surface area (Å²) in [5.74, 6) is -1.57. The van der Waals surface area contributed by atoms with Gasteiger partial charge in [-0.15, -0.1) is 0 Å². The van der Waals surface area contributed by atoms with E-state index in [4.69, 9.17) is 9.47 Å². The Hall–Kier alpha value is -3.16. The standard InChI is InChI=1S/C19H16F2N2O4/c1-19(15-12(20)5-3-6-13(15)21)17(24)23(18(25)22-19)10-11-4-2-7-14-16(11)27-9-8-26-14/h2-7H,8-10H2,1H3,(H,22,25). The highest BCUT2D eigenvalue weighted by atomic mass is 19.1. The summed E-state index contributed by atoms with van der Waals surface area (Å²) in [7, 11) is 0. The lowest BCUT2D eigenvalue weighted by Gasteiger charge is -2.24. The van der Waals surface area contributed by atoms with Crippen molar-refractivity contribution in [1.82, 2.24) is 10.2 Å². The zero-order chi connectivity index (χ0) is 19.2. The van der Waals surface area contributed by atoms with Gasteiger partial charge in [-0.2, -0.15) is 0 Å². The second-order valence-electron chi connectivity index (χ2n) is 6.48. The van der Waals surface area contributed by atoms with E-state index >= 15 is 0 Å². The van der Waals surface area contributed by atoms with Gasteiger partial charge in [-0.25, -0.2) is 13.6 Å². The monoisotopic (exact) mass is 374 g/mol. The molecule has 2 aromatic rings. The third-order valence-corrected chi connectivity index (χ3v) is 4.71. The van der Waals surface area contributed by atoms with E-state index in [-0.39, 0.29) is 6.54 Å². The van der Waals surface area contributed by atoms with E-state index in [1.165, 1.54) is 13.0 Å². The molecule has 1 atom stereocenters. The van der Waals surface area contributed by atoms with Crippen LogP contribution < -0.4 is 14.8 Å². The smallest absolute Gasteiger partial charge is 0.325 e. The lowest BCUT2D eigenvalue weighted by Crippen LogP contribution is -2.42. The highest BCUT2D eigenvalue weighted by molar-refractivity contribution is 6.07. The Morgan fingerprint density at radius 3 is 2.48 bits per heavy atom. The van der Waals surface area contributed by atoms with E-state index in [2.05, 4.69) is 5.32 Å². The van der Waals surface area contributed by atoms with E-state index in [1.807, 2.05) is 0 Å². The van der Waals surface area contributed by atoms with Crippen molar-refractivity contribution in [2.75, 3.05) is 13.2 Å². The van der Waals surface area contributed by atoms with Crippen LogP contribution in [0.15, 0.2) is 36.4 Å². The summed E-state index contributed by atoms with van der Waals surface area (Å²) in [6, 6.07) is 7.70. The number of urea groups is 1. The molecule has 0 saturated carbocycles. The van der Waals surface area contributed by atoms with Gasteiger partial charge in [-0.1, -0.05) is 18.2 Å². The number of rotatable bonds is 3. The van der Waals surface area contributed by atoms with Crippen molar-refractivity contribution in [2.45, 2.75) is 19.0 Å². The number of benzene rings is 2. The first-order valence-electron chi connectivity index (χ1n) is 8.38. The van der Waals surface area contributed by atoms with Crippen molar-refractivity contribution in [3.05, 3.63) is 59.2 Å². The third kappa shape index (κ3) is 2.68. The van der Waals surface area contributed by atoms with E-state index in [0.29, 0.717) is 30.3 Å². The predicted octanol–water partition coefficient (Wildman–Crippen LogP) is 2.70. The molecule has 0 aliphatic carbocycles. The number of amides is 3. The molecule has 1 N–H and O–H groups in total. The molecule has 140 valence electrons. The van der Waals surface area contributed by atoms with Crippen LogP contribution in [0.5, 0.6) is 11.5 Å². The zero-order valence-corrected chi connectivity index (χ0v) is 14.4. The van der Waals surface area contributed by atoms with Gasteiger partial charge in [0.15, 0.2) is 11.5 Å². The Bertz CT molecular complexity index is 929. The van der Waals surface area contributed by atoms with E-state index in [9.17, 15) is 18.4 Å². The van der Waals surface area contributed by atoms with Gasteiger partial charge in [0.2, 0.25) is 0 Å². The molecule has 2 aromatic carbocycles. The molecule has 1 saturated heterocycles. The molecular formula is C19H16F2N2O4. The van der Waals surface area contributed by atoms with E-state index in [1.54, 1.807) is 18.2 Å². The number of carbonyl (C=O) groups excluding carboxylic acids is 2. The minimum absolute atomic E-state index is 0.108. The van der Waals surface area contributed by atoms with Crippen LogP contribution in [0.25, 0.3) is 0 Å². The topological polar surface area (TPSA) is 67.9 Å². The van der Waals surface area contributed by atoms with Crippen molar-refractivity contribution in [3.8, 4) is 11.5 Å². The number of nitrogens with zero attached hydrogens (tertiary/aromatic N) is 1. The summed E-state index contributed by atoms with van der Waals surface area (Å²) < 4.78 is 39.5. The fraction of sp³-hybridized carbons (Fsp3) is 0.263. The Kier molecular flexibility index (Phi) is 3.98. The zero-order valence-electron chi connectivity index (χ0n) is 14.4. The number of halogens is 2. The third-order valence-electron chi connectivity index (χ3n) is 4.71. The fourth-order valence-corrected chi connectivity index (χ4v) is 3.41. The van der Waals surface area contributed by atoms with Crippen LogP contribution in [0.2, 0.25) is 0 Å². The molecule has 2 heterocycles. The predicted molar refractivity (Wildman–Crippen MR) is 90.2 cm³/mol. The molecule has 0 spiro atoms. The molecule has 8 heteroatoms. The molecule has 4 rings (SSSR count). The van der Waals surface area contributed by atoms with Crippen molar-refractivity contribution >= 4 is 11.9 Å². The number of fused-ring (bicyclic) bond motifs is 1. The minimum Gasteiger partial charge on any atom is -0.486 e. The highest BCUT2D eigenvalue weighted by Gasteiger charge is 2.51. The number of ether oxygens (including phenoxy) is 2. The molecule has 0 bridgehead atoms. The summed E-state index contributed by atoms with van der Waals surface area (Å²) in [5.41, 5.74) is -1.76. The largest absolute Gasteiger partial charge is 0.486 e. The summed E-state index contributed by atoms with van der Waals surface area (Å²) in [5, 5.41) is 2.41. The first-order valence-corrected chi connectivity index (χ1v) is 8.38.